The summed E-state index contributed by atoms with van der Waals surface area (Å²) in [5, 5.41) is 11.9. The number of furan rings is 1. The van der Waals surface area contributed by atoms with Gasteiger partial charge >= 0.3 is 5.97 Å². The second kappa shape index (κ2) is 6.57. The summed E-state index contributed by atoms with van der Waals surface area (Å²) < 4.78 is 23.5. The standard InChI is InChI=1S/C15H16FNO5/c1-8-10-7-9(16)3-4-12(10)22-13(8)14(18)17-11(15(19)20)5-6-21-2/h3-4,7,11H,5-6H2,1-2H3,(H,17,18)(H,19,20). The summed E-state index contributed by atoms with van der Waals surface area (Å²) in [6, 6.07) is 2.83. The van der Waals surface area contributed by atoms with E-state index in [1.165, 1.54) is 25.3 Å². The van der Waals surface area contributed by atoms with Crippen LogP contribution >= 0.6 is 0 Å². The number of rotatable bonds is 6. The highest BCUT2D eigenvalue weighted by Gasteiger charge is 2.24. The number of hydrogen-bond donors (Lipinski definition) is 2. The van der Waals surface area contributed by atoms with Crippen LogP contribution in [0.3, 0.4) is 0 Å². The lowest BCUT2D eigenvalue weighted by Gasteiger charge is -2.13. The third-order valence-electron chi connectivity index (χ3n) is 3.32. The Hall–Kier alpha value is -2.41. The van der Waals surface area contributed by atoms with Crippen molar-refractivity contribution in [2.24, 2.45) is 0 Å². The summed E-state index contributed by atoms with van der Waals surface area (Å²) in [7, 11) is 1.44. The first-order valence-corrected chi connectivity index (χ1v) is 6.65. The Morgan fingerprint density at radius 1 is 1.45 bits per heavy atom. The van der Waals surface area contributed by atoms with Gasteiger partial charge < -0.3 is 19.6 Å². The summed E-state index contributed by atoms with van der Waals surface area (Å²) in [5.41, 5.74) is 0.829. The molecular weight excluding hydrogens is 293 g/mol. The van der Waals surface area contributed by atoms with Crippen LogP contribution in [0.4, 0.5) is 4.39 Å². The predicted molar refractivity (Wildman–Crippen MR) is 76.3 cm³/mol. The van der Waals surface area contributed by atoms with E-state index in [0.717, 1.165) is 0 Å². The maximum atomic E-state index is 13.2. The van der Waals surface area contributed by atoms with Gasteiger partial charge in [-0.2, -0.15) is 0 Å². The van der Waals surface area contributed by atoms with E-state index in [2.05, 4.69) is 5.32 Å². The fourth-order valence-electron chi connectivity index (χ4n) is 2.13. The second-order valence-electron chi connectivity index (χ2n) is 4.84. The second-order valence-corrected chi connectivity index (χ2v) is 4.84. The molecule has 1 heterocycles. The number of aryl methyl sites for hydroxylation is 1. The van der Waals surface area contributed by atoms with Crippen molar-refractivity contribution in [2.45, 2.75) is 19.4 Å². The van der Waals surface area contributed by atoms with Crippen LogP contribution in [0.5, 0.6) is 0 Å². The van der Waals surface area contributed by atoms with Crippen molar-refractivity contribution >= 4 is 22.8 Å². The van der Waals surface area contributed by atoms with Gasteiger partial charge in [0.25, 0.3) is 5.91 Å². The van der Waals surface area contributed by atoms with Crippen LogP contribution in [0, 0.1) is 12.7 Å². The highest BCUT2D eigenvalue weighted by molar-refractivity contribution is 6.00. The van der Waals surface area contributed by atoms with Gasteiger partial charge in [-0.1, -0.05) is 0 Å². The zero-order chi connectivity index (χ0) is 16.3. The molecule has 2 rings (SSSR count). The van der Waals surface area contributed by atoms with Gasteiger partial charge in [0, 0.05) is 31.1 Å². The smallest absolute Gasteiger partial charge is 0.326 e. The highest BCUT2D eigenvalue weighted by atomic mass is 19.1. The number of benzene rings is 1. The summed E-state index contributed by atoms with van der Waals surface area (Å²) in [4.78, 5) is 23.3. The number of amides is 1. The molecule has 22 heavy (non-hydrogen) atoms. The van der Waals surface area contributed by atoms with Crippen molar-refractivity contribution in [3.05, 3.63) is 35.3 Å². The average molecular weight is 309 g/mol. The third kappa shape index (κ3) is 3.25. The molecule has 0 aliphatic heterocycles. The van der Waals surface area contributed by atoms with E-state index in [9.17, 15) is 14.0 Å². The van der Waals surface area contributed by atoms with Crippen LogP contribution in [-0.2, 0) is 9.53 Å². The molecule has 0 aliphatic rings. The molecule has 7 heteroatoms. The lowest BCUT2D eigenvalue weighted by Crippen LogP contribution is -2.41. The van der Waals surface area contributed by atoms with E-state index in [-0.39, 0.29) is 18.8 Å². The molecule has 1 atom stereocenters. The number of hydrogen-bond acceptors (Lipinski definition) is 4. The fraction of sp³-hybridized carbons (Fsp3) is 0.333. The van der Waals surface area contributed by atoms with Crippen molar-refractivity contribution in [3.8, 4) is 0 Å². The third-order valence-corrected chi connectivity index (χ3v) is 3.32. The van der Waals surface area contributed by atoms with Gasteiger partial charge in [0.2, 0.25) is 0 Å². The summed E-state index contributed by atoms with van der Waals surface area (Å²) in [5.74, 6) is -2.28. The Bertz CT molecular complexity index is 709. The van der Waals surface area contributed by atoms with E-state index in [1.54, 1.807) is 6.92 Å². The summed E-state index contributed by atoms with van der Waals surface area (Å²) in [6.45, 7) is 1.81. The van der Waals surface area contributed by atoms with Gasteiger partial charge in [0.1, 0.15) is 17.4 Å². The fourth-order valence-corrected chi connectivity index (χ4v) is 2.13. The van der Waals surface area contributed by atoms with Crippen LogP contribution in [0.2, 0.25) is 0 Å². The van der Waals surface area contributed by atoms with Crippen molar-refractivity contribution < 1.29 is 28.2 Å². The molecule has 0 saturated heterocycles. The lowest BCUT2D eigenvalue weighted by molar-refractivity contribution is -0.139. The first kappa shape index (κ1) is 16.0. The molecule has 118 valence electrons. The van der Waals surface area contributed by atoms with E-state index >= 15 is 0 Å². The number of nitrogens with one attached hydrogen (secondary N) is 1. The number of carboxylic acids is 1. The van der Waals surface area contributed by atoms with E-state index < -0.39 is 23.7 Å². The molecule has 0 aliphatic carbocycles. The van der Waals surface area contributed by atoms with E-state index in [0.29, 0.717) is 16.5 Å². The molecule has 2 N–H and O–H groups in total. The quantitative estimate of drug-likeness (QED) is 0.853. The van der Waals surface area contributed by atoms with Crippen LogP contribution in [-0.4, -0.2) is 36.7 Å². The molecule has 6 nitrogen and oxygen atoms in total. The maximum Gasteiger partial charge on any atom is 0.326 e. The lowest BCUT2D eigenvalue weighted by atomic mass is 10.1. The van der Waals surface area contributed by atoms with Crippen LogP contribution < -0.4 is 5.32 Å². The van der Waals surface area contributed by atoms with Crippen LogP contribution in [0.25, 0.3) is 11.0 Å². The minimum absolute atomic E-state index is 0.0238. The number of carbonyl (C=O) groups is 2. The normalized spacial score (nSPS) is 12.3. The average Bonchev–Trinajstić information content (AvgIpc) is 2.80. The molecule has 0 saturated carbocycles. The molecule has 1 aromatic heterocycles. The van der Waals surface area contributed by atoms with Gasteiger partial charge in [-0.25, -0.2) is 9.18 Å². The number of carbonyl (C=O) groups excluding carboxylic acids is 1. The Morgan fingerprint density at radius 2 is 2.18 bits per heavy atom. The van der Waals surface area contributed by atoms with Crippen molar-refractivity contribution in [3.63, 3.8) is 0 Å². The molecule has 1 aromatic carbocycles. The molecule has 1 unspecified atom stereocenters. The molecule has 1 amide bonds. The van der Waals surface area contributed by atoms with Crippen molar-refractivity contribution in [1.29, 1.82) is 0 Å². The van der Waals surface area contributed by atoms with Crippen LogP contribution in [0.15, 0.2) is 22.6 Å². The zero-order valence-corrected chi connectivity index (χ0v) is 12.2. The molecule has 0 spiro atoms. The van der Waals surface area contributed by atoms with Crippen molar-refractivity contribution in [2.75, 3.05) is 13.7 Å². The van der Waals surface area contributed by atoms with Crippen molar-refractivity contribution in [1.82, 2.24) is 5.32 Å². The number of carboxylic acid groups (broad SMARTS) is 1. The van der Waals surface area contributed by atoms with Gasteiger partial charge in [-0.05, 0) is 25.1 Å². The topological polar surface area (TPSA) is 88.8 Å². The number of aliphatic carboxylic acids is 1. The van der Waals surface area contributed by atoms with E-state index in [1.807, 2.05) is 0 Å². The highest BCUT2D eigenvalue weighted by Crippen LogP contribution is 2.26. The number of ether oxygens (including phenoxy) is 1. The molecule has 0 radical (unpaired) electrons. The predicted octanol–water partition coefficient (Wildman–Crippen LogP) is 2.10. The number of methoxy groups -OCH3 is 1. The molecule has 0 bridgehead atoms. The first-order chi connectivity index (χ1) is 10.4. The van der Waals surface area contributed by atoms with Gasteiger partial charge in [0.05, 0.1) is 0 Å². The Labute approximate surface area is 125 Å². The minimum atomic E-state index is -1.16. The summed E-state index contributed by atoms with van der Waals surface area (Å²) >= 11 is 0. The Balaban J connectivity index is 2.25. The van der Waals surface area contributed by atoms with Gasteiger partial charge in [0.15, 0.2) is 5.76 Å². The number of halogens is 1. The van der Waals surface area contributed by atoms with Gasteiger partial charge in [-0.3, -0.25) is 4.79 Å². The monoisotopic (exact) mass is 309 g/mol. The summed E-state index contributed by atoms with van der Waals surface area (Å²) in [6.07, 6.45) is 0.130. The molecule has 2 aromatic rings. The maximum absolute atomic E-state index is 13.2. The minimum Gasteiger partial charge on any atom is -0.480 e. The van der Waals surface area contributed by atoms with E-state index in [4.69, 9.17) is 14.3 Å². The SMILES string of the molecule is COCCC(NC(=O)c1oc2ccc(F)cc2c1C)C(=O)O. The Morgan fingerprint density at radius 3 is 2.82 bits per heavy atom. The largest absolute Gasteiger partial charge is 0.480 e. The van der Waals surface area contributed by atoms with Crippen LogP contribution in [0.1, 0.15) is 22.5 Å². The molecular formula is C15H16FNO5. The number of fused-ring (bicyclic) bond motifs is 1. The molecule has 0 fully saturated rings. The van der Waals surface area contributed by atoms with Gasteiger partial charge in [-0.15, -0.1) is 0 Å². The zero-order valence-electron chi connectivity index (χ0n) is 12.2. The Kier molecular flexibility index (Phi) is 4.77. The first-order valence-electron chi connectivity index (χ1n) is 6.65.